The third kappa shape index (κ3) is 4.97. The molecule has 3 aromatic rings. The summed E-state index contributed by atoms with van der Waals surface area (Å²) in [6, 6.07) is 16.5. The monoisotopic (exact) mass is 378 g/mol. The fourth-order valence-corrected chi connectivity index (χ4v) is 2.54. The molecule has 7 nitrogen and oxygen atoms in total. The van der Waals surface area contributed by atoms with Gasteiger partial charge in [0.2, 0.25) is 0 Å². The second-order valence-corrected chi connectivity index (χ2v) is 5.77. The molecule has 2 aromatic carbocycles. The number of benzene rings is 2. The van der Waals surface area contributed by atoms with E-state index in [0.29, 0.717) is 30.4 Å². The fraction of sp³-hybridized carbons (Fsp3) is 0.190. The lowest BCUT2D eigenvalue weighted by Crippen LogP contribution is -2.04. The van der Waals surface area contributed by atoms with Crippen molar-refractivity contribution >= 4 is 29.0 Å². The number of carbonyl (C=O) groups excluding carboxylic acids is 1. The van der Waals surface area contributed by atoms with Crippen LogP contribution >= 0.6 is 0 Å². The molecule has 0 atom stereocenters. The first kappa shape index (κ1) is 19.2. The fourth-order valence-electron chi connectivity index (χ4n) is 2.54. The van der Waals surface area contributed by atoms with Gasteiger partial charge in [0, 0.05) is 11.8 Å². The molecule has 0 aliphatic heterocycles. The topological polar surface area (TPSA) is 85.4 Å². The van der Waals surface area contributed by atoms with Crippen molar-refractivity contribution in [3.63, 3.8) is 0 Å². The van der Waals surface area contributed by atoms with Crippen LogP contribution in [0.4, 0.5) is 23.0 Å². The summed E-state index contributed by atoms with van der Waals surface area (Å²) in [7, 11) is 0. The molecular formula is C21H22N4O3. The Labute approximate surface area is 163 Å². The first-order valence-corrected chi connectivity index (χ1v) is 9.04. The number of ether oxygens (including phenoxy) is 2. The zero-order chi connectivity index (χ0) is 19.8. The first-order valence-electron chi connectivity index (χ1n) is 9.04. The number of esters is 1. The predicted molar refractivity (Wildman–Crippen MR) is 109 cm³/mol. The van der Waals surface area contributed by atoms with Gasteiger partial charge in [-0.15, -0.1) is 0 Å². The summed E-state index contributed by atoms with van der Waals surface area (Å²) in [6.45, 7) is 4.65. The molecule has 0 spiro atoms. The zero-order valence-corrected chi connectivity index (χ0v) is 15.8. The van der Waals surface area contributed by atoms with E-state index in [2.05, 4.69) is 20.6 Å². The highest BCUT2D eigenvalue weighted by Gasteiger charge is 2.07. The van der Waals surface area contributed by atoms with Gasteiger partial charge in [0.05, 0.1) is 24.5 Å². The van der Waals surface area contributed by atoms with Crippen molar-refractivity contribution in [3.8, 4) is 5.75 Å². The second kappa shape index (κ2) is 9.36. The molecule has 144 valence electrons. The Hall–Kier alpha value is -3.61. The number of para-hydroxylation sites is 2. The van der Waals surface area contributed by atoms with Gasteiger partial charge in [0.15, 0.2) is 0 Å². The zero-order valence-electron chi connectivity index (χ0n) is 15.8. The quantitative estimate of drug-likeness (QED) is 0.557. The first-order chi connectivity index (χ1) is 13.7. The van der Waals surface area contributed by atoms with Gasteiger partial charge in [-0.1, -0.05) is 12.1 Å². The number of hydrogen-bond donors (Lipinski definition) is 2. The highest BCUT2D eigenvalue weighted by molar-refractivity contribution is 5.89. The smallest absolute Gasteiger partial charge is 0.338 e. The number of carbonyl (C=O) groups is 1. The molecule has 28 heavy (non-hydrogen) atoms. The lowest BCUT2D eigenvalue weighted by atomic mass is 10.2. The van der Waals surface area contributed by atoms with Crippen LogP contribution in [0.2, 0.25) is 0 Å². The molecule has 7 heteroatoms. The summed E-state index contributed by atoms with van der Waals surface area (Å²) in [4.78, 5) is 20.2. The molecule has 0 fully saturated rings. The standard InChI is InChI=1S/C21H22N4O3/c1-3-27-18-8-6-5-7-17(18)25-20-13-19(22-14-23-20)24-16-11-9-15(10-12-16)21(26)28-4-2/h5-14H,3-4H2,1-2H3,(H2,22,23,24,25). The Morgan fingerprint density at radius 3 is 2.36 bits per heavy atom. The Kier molecular flexibility index (Phi) is 6.41. The van der Waals surface area contributed by atoms with Gasteiger partial charge >= 0.3 is 5.97 Å². The van der Waals surface area contributed by atoms with Crippen LogP contribution in [0.5, 0.6) is 5.75 Å². The normalized spacial score (nSPS) is 10.2. The highest BCUT2D eigenvalue weighted by Crippen LogP contribution is 2.27. The van der Waals surface area contributed by atoms with Crippen molar-refractivity contribution in [1.82, 2.24) is 9.97 Å². The third-order valence-corrected chi connectivity index (χ3v) is 3.79. The van der Waals surface area contributed by atoms with Gasteiger partial charge in [0.1, 0.15) is 23.7 Å². The summed E-state index contributed by atoms with van der Waals surface area (Å²) < 4.78 is 10.6. The number of aromatic nitrogens is 2. The van der Waals surface area contributed by atoms with Crippen molar-refractivity contribution in [1.29, 1.82) is 0 Å². The Morgan fingerprint density at radius 1 is 0.929 bits per heavy atom. The minimum absolute atomic E-state index is 0.337. The SMILES string of the molecule is CCOC(=O)c1ccc(Nc2cc(Nc3ccccc3OCC)ncn2)cc1. The van der Waals surface area contributed by atoms with E-state index in [1.165, 1.54) is 6.33 Å². The maximum absolute atomic E-state index is 11.7. The van der Waals surface area contributed by atoms with E-state index in [1.54, 1.807) is 37.3 Å². The van der Waals surface area contributed by atoms with Crippen molar-refractivity contribution in [3.05, 3.63) is 66.5 Å². The largest absolute Gasteiger partial charge is 0.492 e. The van der Waals surface area contributed by atoms with E-state index in [4.69, 9.17) is 9.47 Å². The Morgan fingerprint density at radius 2 is 1.64 bits per heavy atom. The summed E-state index contributed by atoms with van der Waals surface area (Å²) in [5.74, 6) is 1.67. The van der Waals surface area contributed by atoms with Crippen LogP contribution < -0.4 is 15.4 Å². The third-order valence-electron chi connectivity index (χ3n) is 3.79. The number of hydrogen-bond acceptors (Lipinski definition) is 7. The van der Waals surface area contributed by atoms with Crippen molar-refractivity contribution < 1.29 is 14.3 Å². The molecule has 0 saturated carbocycles. The average molecular weight is 378 g/mol. The minimum Gasteiger partial charge on any atom is -0.492 e. The number of nitrogens with zero attached hydrogens (tertiary/aromatic N) is 2. The number of nitrogens with one attached hydrogen (secondary N) is 2. The van der Waals surface area contributed by atoms with Gasteiger partial charge in [0.25, 0.3) is 0 Å². The minimum atomic E-state index is -0.337. The summed E-state index contributed by atoms with van der Waals surface area (Å²) in [6.07, 6.45) is 1.47. The van der Waals surface area contributed by atoms with Crippen molar-refractivity contribution in [2.75, 3.05) is 23.8 Å². The molecule has 3 rings (SSSR count). The summed E-state index contributed by atoms with van der Waals surface area (Å²) >= 11 is 0. The molecule has 0 radical (unpaired) electrons. The second-order valence-electron chi connectivity index (χ2n) is 5.77. The summed E-state index contributed by atoms with van der Waals surface area (Å²) in [5.41, 5.74) is 2.13. The van der Waals surface area contributed by atoms with Gasteiger partial charge in [-0.2, -0.15) is 0 Å². The molecule has 2 N–H and O–H groups in total. The molecule has 0 aliphatic rings. The van der Waals surface area contributed by atoms with Crippen LogP contribution in [0.1, 0.15) is 24.2 Å². The Balaban J connectivity index is 1.71. The van der Waals surface area contributed by atoms with Gasteiger partial charge in [-0.3, -0.25) is 0 Å². The van der Waals surface area contributed by atoms with Crippen molar-refractivity contribution in [2.24, 2.45) is 0 Å². The van der Waals surface area contributed by atoms with E-state index >= 15 is 0 Å². The number of rotatable bonds is 8. The highest BCUT2D eigenvalue weighted by atomic mass is 16.5. The van der Waals surface area contributed by atoms with Crippen molar-refractivity contribution in [2.45, 2.75) is 13.8 Å². The summed E-state index contributed by atoms with van der Waals surface area (Å²) in [5, 5.41) is 6.44. The molecule has 0 unspecified atom stereocenters. The van der Waals surface area contributed by atoms with Crippen LogP contribution in [0.3, 0.4) is 0 Å². The molecule has 0 amide bonds. The molecule has 0 aliphatic carbocycles. The lowest BCUT2D eigenvalue weighted by molar-refractivity contribution is 0.0526. The molecular weight excluding hydrogens is 356 g/mol. The van der Waals surface area contributed by atoms with E-state index in [9.17, 15) is 4.79 Å². The van der Waals surface area contributed by atoms with Crippen LogP contribution in [-0.2, 0) is 4.74 Å². The van der Waals surface area contributed by atoms with Crippen LogP contribution in [-0.4, -0.2) is 29.2 Å². The van der Waals surface area contributed by atoms with E-state index in [0.717, 1.165) is 17.1 Å². The Bertz CT molecular complexity index is 929. The van der Waals surface area contributed by atoms with Gasteiger partial charge < -0.3 is 20.1 Å². The van der Waals surface area contributed by atoms with Crippen LogP contribution in [0, 0.1) is 0 Å². The average Bonchev–Trinajstić information content (AvgIpc) is 2.71. The molecule has 1 aromatic heterocycles. The van der Waals surface area contributed by atoms with Gasteiger partial charge in [-0.25, -0.2) is 14.8 Å². The molecule has 1 heterocycles. The maximum atomic E-state index is 11.7. The van der Waals surface area contributed by atoms with Crippen LogP contribution in [0.25, 0.3) is 0 Å². The maximum Gasteiger partial charge on any atom is 0.338 e. The molecule has 0 saturated heterocycles. The number of anilines is 4. The van der Waals surface area contributed by atoms with E-state index < -0.39 is 0 Å². The van der Waals surface area contributed by atoms with E-state index in [-0.39, 0.29) is 5.97 Å². The van der Waals surface area contributed by atoms with Crippen LogP contribution in [0.15, 0.2) is 60.9 Å². The predicted octanol–water partition coefficient (Wildman–Crippen LogP) is 4.54. The molecule has 0 bridgehead atoms. The van der Waals surface area contributed by atoms with Gasteiger partial charge in [-0.05, 0) is 50.2 Å². The van der Waals surface area contributed by atoms with E-state index in [1.807, 2.05) is 31.2 Å². The lowest BCUT2D eigenvalue weighted by Gasteiger charge is -2.12.